The summed E-state index contributed by atoms with van der Waals surface area (Å²) in [6.45, 7) is -0.599. The number of benzene rings is 17. The van der Waals surface area contributed by atoms with Gasteiger partial charge in [0.15, 0.2) is 0 Å². The Kier molecular flexibility index (Phi) is 16.7. The van der Waals surface area contributed by atoms with Crippen molar-refractivity contribution in [3.8, 4) is 34.1 Å². The number of allylic oxidation sites excluding steroid dienone is 8. The first-order valence-electron chi connectivity index (χ1n) is 43.6. The second-order valence-corrected chi connectivity index (χ2v) is 33.4. The zero-order chi connectivity index (χ0) is 82.2. The fourth-order valence-corrected chi connectivity index (χ4v) is 21.8. The minimum Gasteiger partial charge on any atom is -0.311 e. The molecule has 0 atom stereocenters. The van der Waals surface area contributed by atoms with Crippen molar-refractivity contribution in [1.29, 1.82) is 0 Å². The van der Waals surface area contributed by atoms with Crippen LogP contribution in [0, 0.1) is 11.8 Å². The summed E-state index contributed by atoms with van der Waals surface area (Å²) in [7, 11) is 0. The van der Waals surface area contributed by atoms with Crippen molar-refractivity contribution < 1.29 is 0 Å². The van der Waals surface area contributed by atoms with Gasteiger partial charge in [0.1, 0.15) is 0 Å². The SMILES string of the molecule is C1#CC(N2c3cc4c(cc3B3c5ccccc5N(c5ccccc5)c5cc(N(c6ccccc6)c6ccccc6)cc2c53)C2(c3ccccc3-c3ccccc32)c2cc3c(cc2N4c2c(C4=CCCC=C4)cccc2-c2ccccc2)N(c2ccccc2)c2cc(N(c4ccccc4)c4ccccc4)cc4c2B3c2ccccc2N4c2ccccc2)=CC=CC1. The molecule has 5 heterocycles. The molecule has 17 aromatic carbocycles. The van der Waals surface area contributed by atoms with Gasteiger partial charge in [-0.15, -0.1) is 0 Å². The van der Waals surface area contributed by atoms with Crippen LogP contribution in [0.2, 0.25) is 0 Å². The summed E-state index contributed by atoms with van der Waals surface area (Å²) in [5, 5.41) is 0. The van der Waals surface area contributed by atoms with Gasteiger partial charge in [0.2, 0.25) is 0 Å². The zero-order valence-electron chi connectivity index (χ0n) is 68.6. The fraction of sp³-hybridized carbons (Fsp3) is 0.0345. The standard InChI is InChI=1S/C116H79B2N7/c1-2-17-54-87(53-16-1)123-107-77-105-97(75-101(107)117-99-67-36-38-69-103(99)121(85-55-26-9-27-56-85)109-71-89(73-111(123)113(109)117)119(81-45-18-5-19-46-81)82-47-20-6-21-48-82)116(95-65-34-32-61-93(95)94-62-33-35-66-96(94)116)98-76-102-108(78-106(98)125(105)115-91(79-41-12-3-13-42-79)63-40-64-92(115)80-43-14-4-15-44-80)124(88-59-30-11-31-60-88)112-74-90(120(83-49-22-7-23-50-83)84-51-24-8-25-52-84)72-110-114(112)118(102)100-68-37-39-70-104(100)122(110)86-57-28-10-29-58-86/h1,3,5-14,16,18-53,55-78H,2,4,15H2. The molecule has 0 unspecified atom stereocenters. The van der Waals surface area contributed by atoms with Crippen LogP contribution >= 0.6 is 0 Å². The van der Waals surface area contributed by atoms with Crippen molar-refractivity contribution in [2.45, 2.75) is 24.7 Å². The van der Waals surface area contributed by atoms with Gasteiger partial charge in [0.05, 0.1) is 39.5 Å². The zero-order valence-corrected chi connectivity index (χ0v) is 68.6. The van der Waals surface area contributed by atoms with Crippen molar-refractivity contribution in [2.75, 3.05) is 34.3 Å². The van der Waals surface area contributed by atoms with Gasteiger partial charge in [-0.05, 0) is 236 Å². The van der Waals surface area contributed by atoms with Gasteiger partial charge in [-0.25, -0.2) is 0 Å². The molecular formula is C116H79B2N7. The fourth-order valence-electron chi connectivity index (χ4n) is 21.8. The van der Waals surface area contributed by atoms with E-state index in [1.165, 1.54) is 71.7 Å². The van der Waals surface area contributed by atoms with Crippen molar-refractivity contribution in [2.24, 2.45) is 0 Å². The third kappa shape index (κ3) is 11.1. The molecule has 0 bridgehead atoms. The van der Waals surface area contributed by atoms with E-state index in [1.54, 1.807) is 0 Å². The van der Waals surface area contributed by atoms with Gasteiger partial charge in [-0.1, -0.05) is 309 Å². The Morgan fingerprint density at radius 3 is 1.14 bits per heavy atom. The molecule has 25 rings (SSSR count). The van der Waals surface area contributed by atoms with Gasteiger partial charge in [-0.2, -0.15) is 0 Å². The van der Waals surface area contributed by atoms with Crippen molar-refractivity contribution in [3.63, 3.8) is 0 Å². The summed E-state index contributed by atoms with van der Waals surface area (Å²) < 4.78 is 0. The highest BCUT2D eigenvalue weighted by molar-refractivity contribution is 7.01. The monoisotopic (exact) mass is 1590 g/mol. The topological polar surface area (TPSA) is 22.7 Å². The van der Waals surface area contributed by atoms with E-state index in [1.807, 2.05) is 0 Å². The summed E-state index contributed by atoms with van der Waals surface area (Å²) in [5.41, 5.74) is 40.5. The molecule has 0 saturated heterocycles. The van der Waals surface area contributed by atoms with Crippen LogP contribution in [-0.4, -0.2) is 13.4 Å². The van der Waals surface area contributed by atoms with Crippen LogP contribution < -0.4 is 67.1 Å². The van der Waals surface area contributed by atoms with Crippen LogP contribution in [0.25, 0.3) is 27.8 Å². The lowest BCUT2D eigenvalue weighted by Gasteiger charge is -2.50. The lowest BCUT2D eigenvalue weighted by Crippen LogP contribution is -2.62. The van der Waals surface area contributed by atoms with Crippen LogP contribution in [-0.2, 0) is 5.41 Å². The Morgan fingerprint density at radius 2 is 0.672 bits per heavy atom. The number of nitrogens with zero attached hydrogens (tertiary/aromatic N) is 7. The molecule has 584 valence electrons. The maximum Gasteiger partial charge on any atom is 0.252 e. The minimum atomic E-state index is -0.997. The molecule has 0 fully saturated rings. The first kappa shape index (κ1) is 71.9. The molecule has 0 radical (unpaired) electrons. The number of hydrogen-bond acceptors (Lipinski definition) is 7. The molecule has 7 nitrogen and oxygen atoms in total. The Bertz CT molecular complexity index is 7310. The molecule has 3 aliphatic carbocycles. The maximum absolute atomic E-state index is 3.91. The molecule has 9 heteroatoms. The van der Waals surface area contributed by atoms with Gasteiger partial charge in [0.25, 0.3) is 13.4 Å². The smallest absolute Gasteiger partial charge is 0.252 e. The molecule has 17 aromatic rings. The third-order valence-electron chi connectivity index (χ3n) is 26.7. The maximum atomic E-state index is 3.91. The second kappa shape index (κ2) is 29.1. The Hall–Kier alpha value is -16.0. The summed E-state index contributed by atoms with van der Waals surface area (Å²) in [5.74, 6) is 7.61. The van der Waals surface area contributed by atoms with Crippen LogP contribution in [0.1, 0.15) is 47.1 Å². The Morgan fingerprint density at radius 1 is 0.280 bits per heavy atom. The largest absolute Gasteiger partial charge is 0.311 e. The predicted molar refractivity (Wildman–Crippen MR) is 525 cm³/mol. The molecule has 8 aliphatic rings. The number of rotatable bonds is 13. The van der Waals surface area contributed by atoms with Gasteiger partial charge < -0.3 is 34.3 Å². The highest BCUT2D eigenvalue weighted by Crippen LogP contribution is 2.67. The van der Waals surface area contributed by atoms with E-state index < -0.39 is 5.41 Å². The summed E-state index contributed by atoms with van der Waals surface area (Å²) >= 11 is 0. The molecule has 5 aliphatic heterocycles. The molecule has 1 spiro atoms. The molecule has 0 saturated carbocycles. The van der Waals surface area contributed by atoms with E-state index in [0.717, 1.165) is 149 Å². The van der Waals surface area contributed by atoms with Crippen molar-refractivity contribution in [3.05, 3.63) is 476 Å². The molecular weight excluding hydrogens is 1510 g/mol. The lowest BCUT2D eigenvalue weighted by atomic mass is 9.33. The van der Waals surface area contributed by atoms with E-state index in [4.69, 9.17) is 0 Å². The molecule has 0 N–H and O–H groups in total. The quantitative estimate of drug-likeness (QED) is 0.0837. The number of hydrogen-bond donors (Lipinski definition) is 0. The average molecular weight is 1590 g/mol. The molecule has 125 heavy (non-hydrogen) atoms. The molecule has 0 aromatic heterocycles. The second-order valence-electron chi connectivity index (χ2n) is 33.4. The first-order chi connectivity index (χ1) is 62.1. The van der Waals surface area contributed by atoms with E-state index in [-0.39, 0.29) is 13.4 Å². The number of anilines is 20. The first-order valence-corrected chi connectivity index (χ1v) is 43.6. The van der Waals surface area contributed by atoms with Crippen LogP contribution in [0.3, 0.4) is 0 Å². The van der Waals surface area contributed by atoms with Gasteiger partial charge in [-0.3, -0.25) is 0 Å². The Balaban J connectivity index is 0.858. The van der Waals surface area contributed by atoms with Crippen LogP contribution in [0.15, 0.2) is 449 Å². The van der Waals surface area contributed by atoms with Gasteiger partial charge in [0, 0.05) is 103 Å². The van der Waals surface area contributed by atoms with Gasteiger partial charge >= 0.3 is 0 Å². The van der Waals surface area contributed by atoms with E-state index in [2.05, 4.69) is 489 Å². The minimum absolute atomic E-state index is 0.290. The third-order valence-corrected chi connectivity index (χ3v) is 26.7. The van der Waals surface area contributed by atoms with E-state index >= 15 is 0 Å². The predicted octanol–water partition coefficient (Wildman–Crippen LogP) is 25.9. The normalized spacial score (nSPS) is 14.4. The Labute approximate surface area is 730 Å². The highest BCUT2D eigenvalue weighted by atomic mass is 15.2. The van der Waals surface area contributed by atoms with Crippen LogP contribution in [0.4, 0.5) is 114 Å². The summed E-state index contributed by atoms with van der Waals surface area (Å²) in [6, 6.07) is 153. The average Bonchev–Trinajstić information content (AvgIpc) is 1.62. The lowest BCUT2D eigenvalue weighted by molar-refractivity contribution is 0.754. The number of para-hydroxylation sites is 10. The number of fused-ring (bicyclic) bond motifs is 17. The van der Waals surface area contributed by atoms with Crippen molar-refractivity contribution in [1.82, 2.24) is 0 Å². The summed E-state index contributed by atoms with van der Waals surface area (Å²) in [4.78, 5) is 17.9. The highest BCUT2D eigenvalue weighted by Gasteiger charge is 2.57. The summed E-state index contributed by atoms with van der Waals surface area (Å²) in [6.07, 6.45) is 16.4. The van der Waals surface area contributed by atoms with Crippen LogP contribution in [0.5, 0.6) is 0 Å². The van der Waals surface area contributed by atoms with E-state index in [0.29, 0.717) is 6.42 Å². The molecule has 0 amide bonds. The van der Waals surface area contributed by atoms with Crippen molar-refractivity contribution >= 4 is 166 Å². The van der Waals surface area contributed by atoms with E-state index in [9.17, 15) is 0 Å².